The van der Waals surface area contributed by atoms with Gasteiger partial charge in [-0.15, -0.1) is 0 Å². The number of allylic oxidation sites excluding steroid dienone is 4. The minimum atomic E-state index is -0.910. The fourth-order valence-corrected chi connectivity index (χ4v) is 4.08. The first-order valence-corrected chi connectivity index (χ1v) is 10.6. The van der Waals surface area contributed by atoms with Crippen molar-refractivity contribution in [3.8, 4) is 22.5 Å². The molecule has 3 aromatic heterocycles. The molecule has 170 valence electrons. The van der Waals surface area contributed by atoms with Crippen LogP contribution in [-0.4, -0.2) is 25.4 Å². The van der Waals surface area contributed by atoms with Gasteiger partial charge in [-0.3, -0.25) is 9.78 Å². The lowest BCUT2D eigenvalue weighted by atomic mass is 10.0. The summed E-state index contributed by atoms with van der Waals surface area (Å²) < 4.78 is 30.7. The lowest BCUT2D eigenvalue weighted by Crippen LogP contribution is -2.14. The maximum Gasteiger partial charge on any atom is 0.221 e. The predicted molar refractivity (Wildman–Crippen MR) is 127 cm³/mol. The van der Waals surface area contributed by atoms with E-state index in [1.807, 2.05) is 18.2 Å². The molecule has 7 nitrogen and oxygen atoms in total. The normalized spacial score (nSPS) is 15.7. The number of hydrogen-bond acceptors (Lipinski definition) is 5. The van der Waals surface area contributed by atoms with Crippen LogP contribution in [0.4, 0.5) is 20.3 Å². The van der Waals surface area contributed by atoms with E-state index < -0.39 is 17.7 Å². The van der Waals surface area contributed by atoms with E-state index in [0.717, 1.165) is 17.2 Å². The van der Waals surface area contributed by atoms with Gasteiger partial charge >= 0.3 is 0 Å². The molecular weight excluding hydrogens is 438 g/mol. The third-order valence-electron chi connectivity index (χ3n) is 5.65. The quantitative estimate of drug-likeness (QED) is 0.429. The van der Waals surface area contributed by atoms with Crippen molar-refractivity contribution in [2.75, 3.05) is 11.1 Å². The van der Waals surface area contributed by atoms with Crippen LogP contribution in [0.25, 0.3) is 33.5 Å². The first kappa shape index (κ1) is 21.4. The van der Waals surface area contributed by atoms with Gasteiger partial charge in [0.25, 0.3) is 0 Å². The number of fused-ring (bicyclic) bond motifs is 1. The number of rotatable bonds is 4. The van der Waals surface area contributed by atoms with Crippen LogP contribution in [0.2, 0.25) is 0 Å². The number of pyridine rings is 2. The van der Waals surface area contributed by atoms with Gasteiger partial charge in [0.1, 0.15) is 17.2 Å². The van der Waals surface area contributed by atoms with Crippen LogP contribution in [0.3, 0.4) is 0 Å². The maximum atomic E-state index is 14.9. The topological polar surface area (TPSA) is 98.7 Å². The average molecular weight is 458 g/mol. The highest BCUT2D eigenvalue weighted by molar-refractivity contribution is 5.89. The Labute approximate surface area is 193 Å². The van der Waals surface area contributed by atoms with Crippen LogP contribution in [-0.2, 0) is 4.79 Å². The Morgan fingerprint density at radius 2 is 1.94 bits per heavy atom. The molecule has 0 saturated carbocycles. The van der Waals surface area contributed by atoms with Crippen LogP contribution in [0.5, 0.6) is 0 Å². The fraction of sp³-hybridized carbons (Fsp3) is 0.120. The average Bonchev–Trinajstić information content (AvgIpc) is 3.20. The van der Waals surface area contributed by atoms with Crippen LogP contribution in [0.15, 0.2) is 78.8 Å². The van der Waals surface area contributed by atoms with Crippen molar-refractivity contribution in [1.82, 2.24) is 19.5 Å². The number of carbonyl (C=O) groups excluding carboxylic acids is 1. The summed E-state index contributed by atoms with van der Waals surface area (Å²) in [5, 5.41) is 2.73. The summed E-state index contributed by atoms with van der Waals surface area (Å²) in [6.07, 6.45) is 7.76. The Bertz CT molecular complexity index is 1470. The summed E-state index contributed by atoms with van der Waals surface area (Å²) in [4.78, 5) is 24.4. The highest BCUT2D eigenvalue weighted by Gasteiger charge is 2.28. The number of aromatic nitrogens is 4. The Morgan fingerprint density at radius 1 is 1.15 bits per heavy atom. The molecule has 3 N–H and O–H groups in total. The molecule has 0 fully saturated rings. The number of anilines is 2. The highest BCUT2D eigenvalue weighted by Crippen LogP contribution is 2.39. The van der Waals surface area contributed by atoms with E-state index in [2.05, 4.69) is 20.3 Å². The predicted octanol–water partition coefficient (Wildman–Crippen LogP) is 5.35. The first-order valence-electron chi connectivity index (χ1n) is 10.6. The van der Waals surface area contributed by atoms with Crippen LogP contribution >= 0.6 is 0 Å². The first-order chi connectivity index (χ1) is 16.4. The van der Waals surface area contributed by atoms with Crippen molar-refractivity contribution >= 4 is 28.4 Å². The molecule has 0 saturated heterocycles. The molecule has 1 aromatic carbocycles. The van der Waals surface area contributed by atoms with E-state index in [-0.39, 0.29) is 18.1 Å². The number of nitrogen functional groups attached to an aromatic ring is 1. The van der Waals surface area contributed by atoms with Crippen LogP contribution in [0, 0.1) is 0 Å². The molecule has 1 aliphatic carbocycles. The maximum absolute atomic E-state index is 14.9. The molecule has 0 aliphatic heterocycles. The summed E-state index contributed by atoms with van der Waals surface area (Å²) >= 11 is 0. The minimum Gasteiger partial charge on any atom is -0.383 e. The second-order valence-corrected chi connectivity index (χ2v) is 7.93. The number of nitrogens with zero attached hydrogens (tertiary/aromatic N) is 4. The zero-order valence-electron chi connectivity index (χ0n) is 18.2. The van der Waals surface area contributed by atoms with Gasteiger partial charge in [-0.05, 0) is 42.3 Å². The molecule has 5 rings (SSSR count). The van der Waals surface area contributed by atoms with E-state index in [0.29, 0.717) is 28.1 Å². The smallest absolute Gasteiger partial charge is 0.221 e. The van der Waals surface area contributed by atoms with Crippen molar-refractivity contribution in [2.45, 2.75) is 19.4 Å². The third-order valence-corrected chi connectivity index (χ3v) is 5.65. The molecule has 0 spiro atoms. The molecule has 0 radical (unpaired) electrons. The fourth-order valence-electron chi connectivity index (χ4n) is 4.08. The van der Waals surface area contributed by atoms with Gasteiger partial charge in [-0.2, -0.15) is 0 Å². The molecule has 0 bridgehead atoms. The van der Waals surface area contributed by atoms with Gasteiger partial charge in [0.15, 0.2) is 11.7 Å². The largest absolute Gasteiger partial charge is 0.383 e. The van der Waals surface area contributed by atoms with E-state index in [1.54, 1.807) is 47.4 Å². The Morgan fingerprint density at radius 3 is 2.71 bits per heavy atom. The van der Waals surface area contributed by atoms with E-state index in [1.165, 1.54) is 6.92 Å². The van der Waals surface area contributed by atoms with Crippen molar-refractivity contribution in [3.05, 3.63) is 78.8 Å². The van der Waals surface area contributed by atoms with Crippen molar-refractivity contribution in [2.24, 2.45) is 0 Å². The summed E-state index contributed by atoms with van der Waals surface area (Å²) in [6.45, 7) is 1.44. The van der Waals surface area contributed by atoms with Crippen molar-refractivity contribution in [3.63, 3.8) is 0 Å². The van der Waals surface area contributed by atoms with E-state index in [4.69, 9.17) is 5.73 Å². The molecule has 1 unspecified atom stereocenters. The molecule has 1 atom stereocenters. The van der Waals surface area contributed by atoms with Crippen LogP contribution in [0.1, 0.15) is 19.4 Å². The minimum absolute atomic E-state index is 0.159. The van der Waals surface area contributed by atoms with Gasteiger partial charge in [-0.25, -0.2) is 18.7 Å². The monoisotopic (exact) mass is 458 g/mol. The number of amides is 1. The highest BCUT2D eigenvalue weighted by atomic mass is 19.2. The van der Waals surface area contributed by atoms with Crippen LogP contribution < -0.4 is 11.1 Å². The van der Waals surface area contributed by atoms with Gasteiger partial charge < -0.3 is 15.6 Å². The lowest BCUT2D eigenvalue weighted by Gasteiger charge is -2.22. The van der Waals surface area contributed by atoms with E-state index >= 15 is 0 Å². The number of nitrogens with one attached hydrogen (secondary N) is 1. The molecular formula is C25H20F2N6O. The summed E-state index contributed by atoms with van der Waals surface area (Å²) in [6, 6.07) is 9.88. The molecule has 1 aliphatic rings. The standard InChI is InChI=1S/C25H20F2N6O/c1-14(34)31-17-7-5-15(6-8-17)16-11-18(24(28)30-12-16)25-32-20-13-29-10-9-21(20)33(25)22-4-2-3-19(26)23(22)27/h2-3,5-13,22H,4H2,1H3,(H2,28,30)(H,31,34). The van der Waals surface area contributed by atoms with Crippen molar-refractivity contribution < 1.29 is 13.6 Å². The number of halogens is 2. The van der Waals surface area contributed by atoms with Gasteiger partial charge in [0, 0.05) is 30.6 Å². The zero-order valence-corrected chi connectivity index (χ0v) is 18.2. The number of hydrogen-bond donors (Lipinski definition) is 2. The molecule has 9 heteroatoms. The number of imidazole rings is 1. The molecule has 3 heterocycles. The second-order valence-electron chi connectivity index (χ2n) is 7.93. The summed E-state index contributed by atoms with van der Waals surface area (Å²) in [7, 11) is 0. The Balaban J connectivity index is 1.65. The third kappa shape index (κ3) is 3.81. The van der Waals surface area contributed by atoms with Gasteiger partial charge in [0.05, 0.1) is 23.3 Å². The van der Waals surface area contributed by atoms with Gasteiger partial charge in [0.2, 0.25) is 5.91 Å². The number of carbonyl (C=O) groups is 1. The Kier molecular flexibility index (Phi) is 5.37. The second kappa shape index (κ2) is 8.51. The molecule has 34 heavy (non-hydrogen) atoms. The van der Waals surface area contributed by atoms with E-state index in [9.17, 15) is 13.6 Å². The summed E-state index contributed by atoms with van der Waals surface area (Å²) in [5.74, 6) is -1.35. The zero-order chi connectivity index (χ0) is 23.8. The number of nitrogens with two attached hydrogens (primary N) is 1. The molecule has 4 aromatic rings. The summed E-state index contributed by atoms with van der Waals surface area (Å²) in [5.41, 5.74) is 10.1. The van der Waals surface area contributed by atoms with Gasteiger partial charge in [-0.1, -0.05) is 18.2 Å². The Hall–Kier alpha value is -4.40. The number of benzene rings is 1. The SMILES string of the molecule is CC(=O)Nc1ccc(-c2cnc(N)c(-c3nc4cnccc4n3C3CC=CC(F)=C3F)c2)cc1. The molecule has 1 amide bonds. The lowest BCUT2D eigenvalue weighted by molar-refractivity contribution is -0.114. The van der Waals surface area contributed by atoms with Crippen molar-refractivity contribution in [1.29, 1.82) is 0 Å².